The van der Waals surface area contributed by atoms with E-state index in [2.05, 4.69) is 9.44 Å². The summed E-state index contributed by atoms with van der Waals surface area (Å²) in [6.45, 7) is 2.28. The number of benzene rings is 2. The maximum Gasteiger partial charge on any atom is 0.261 e. The van der Waals surface area contributed by atoms with Crippen LogP contribution in [0.25, 0.3) is 0 Å². The molecule has 1 atom stereocenters. The Kier molecular flexibility index (Phi) is 7.21. The number of hydrogen-bond donors (Lipinski definition) is 2. The summed E-state index contributed by atoms with van der Waals surface area (Å²) in [6, 6.07) is 8.85. The topological polar surface area (TPSA) is 113 Å². The summed E-state index contributed by atoms with van der Waals surface area (Å²) < 4.78 is 66.5. The molecular weight excluding hydrogens is 457 g/mol. The number of likely N-dealkylation sites (tertiary alicyclic amines) is 1. The summed E-state index contributed by atoms with van der Waals surface area (Å²) in [4.78, 5) is 14.8. The zero-order valence-electron chi connectivity index (χ0n) is 17.8. The molecule has 32 heavy (non-hydrogen) atoms. The predicted octanol–water partition coefficient (Wildman–Crippen LogP) is 2.48. The molecule has 0 saturated carbocycles. The van der Waals surface area contributed by atoms with Crippen LogP contribution in [0.5, 0.6) is 0 Å². The molecule has 1 amide bonds. The van der Waals surface area contributed by atoms with Crippen molar-refractivity contribution in [1.82, 2.24) is 9.62 Å². The van der Waals surface area contributed by atoms with Crippen LogP contribution >= 0.6 is 0 Å². The third-order valence-electron chi connectivity index (χ3n) is 5.32. The van der Waals surface area contributed by atoms with Gasteiger partial charge in [-0.2, -0.15) is 0 Å². The van der Waals surface area contributed by atoms with E-state index in [1.54, 1.807) is 17.9 Å². The number of amides is 1. The number of sulfonamides is 2. The van der Waals surface area contributed by atoms with Crippen molar-refractivity contribution in [3.63, 3.8) is 0 Å². The van der Waals surface area contributed by atoms with E-state index in [9.17, 15) is 26.0 Å². The lowest BCUT2D eigenvalue weighted by molar-refractivity contribution is 0.0617. The molecule has 2 aromatic carbocycles. The number of aryl methyl sites for hydroxylation is 1. The van der Waals surface area contributed by atoms with Gasteiger partial charge in [0.1, 0.15) is 5.82 Å². The molecule has 1 aliphatic rings. The highest BCUT2D eigenvalue weighted by Crippen LogP contribution is 2.24. The molecular formula is C21H26FN3O5S2. The lowest BCUT2D eigenvalue weighted by Gasteiger charge is -2.36. The Balaban J connectivity index is 1.86. The normalized spacial score (nSPS) is 17.2. The van der Waals surface area contributed by atoms with Gasteiger partial charge in [-0.25, -0.2) is 25.9 Å². The second-order valence-corrected chi connectivity index (χ2v) is 11.4. The highest BCUT2D eigenvalue weighted by atomic mass is 32.2. The van der Waals surface area contributed by atoms with Crippen LogP contribution in [0.2, 0.25) is 0 Å². The van der Waals surface area contributed by atoms with E-state index in [-0.39, 0.29) is 34.6 Å². The van der Waals surface area contributed by atoms with Crippen LogP contribution in [0, 0.1) is 12.7 Å². The van der Waals surface area contributed by atoms with Crippen LogP contribution in [0.1, 0.15) is 35.2 Å². The molecule has 2 aromatic rings. The summed E-state index contributed by atoms with van der Waals surface area (Å²) in [5, 5.41) is 0. The second-order valence-electron chi connectivity index (χ2n) is 7.86. The number of carbonyl (C=O) groups excluding carboxylic acids is 1. The first-order valence-corrected chi connectivity index (χ1v) is 13.5. The van der Waals surface area contributed by atoms with Crippen molar-refractivity contribution >= 4 is 31.6 Å². The third-order valence-corrected chi connectivity index (χ3v) is 7.39. The van der Waals surface area contributed by atoms with Gasteiger partial charge in [-0.05, 0) is 68.1 Å². The standard InChI is InChI=1S/C21H26FN3O5S2/c1-15-6-11-19(32(29,30)24-17-9-7-16(22)8-10-17)13-20(15)21(26)25-12-4-3-5-18(25)14-23-31(2,27)28/h6-11,13,18,23-24H,3-5,12,14H2,1-2H3. The molecule has 1 heterocycles. The van der Waals surface area contributed by atoms with E-state index in [0.29, 0.717) is 18.5 Å². The number of halogens is 1. The first-order chi connectivity index (χ1) is 15.0. The smallest absolute Gasteiger partial charge is 0.261 e. The fourth-order valence-electron chi connectivity index (χ4n) is 3.61. The van der Waals surface area contributed by atoms with Crippen molar-refractivity contribution in [2.24, 2.45) is 0 Å². The molecule has 8 nitrogen and oxygen atoms in total. The molecule has 0 spiro atoms. The SMILES string of the molecule is Cc1ccc(S(=O)(=O)Nc2ccc(F)cc2)cc1C(=O)N1CCCCC1CNS(C)(=O)=O. The Morgan fingerprint density at radius 1 is 1.09 bits per heavy atom. The van der Waals surface area contributed by atoms with Gasteiger partial charge < -0.3 is 4.90 Å². The quantitative estimate of drug-likeness (QED) is 0.628. The zero-order valence-corrected chi connectivity index (χ0v) is 19.5. The van der Waals surface area contributed by atoms with Gasteiger partial charge in [0, 0.05) is 30.4 Å². The summed E-state index contributed by atoms with van der Waals surface area (Å²) >= 11 is 0. The first-order valence-electron chi connectivity index (χ1n) is 10.1. The molecule has 3 rings (SSSR count). The molecule has 11 heteroatoms. The average Bonchev–Trinajstić information content (AvgIpc) is 2.73. The van der Waals surface area contributed by atoms with E-state index < -0.39 is 25.9 Å². The minimum Gasteiger partial charge on any atom is -0.334 e. The number of anilines is 1. The van der Waals surface area contributed by atoms with Crippen LogP contribution in [0.4, 0.5) is 10.1 Å². The van der Waals surface area contributed by atoms with Crippen LogP contribution < -0.4 is 9.44 Å². The predicted molar refractivity (Wildman–Crippen MR) is 120 cm³/mol. The van der Waals surface area contributed by atoms with Crippen molar-refractivity contribution in [2.75, 3.05) is 24.1 Å². The molecule has 1 saturated heterocycles. The Bertz CT molecular complexity index is 1200. The highest BCUT2D eigenvalue weighted by Gasteiger charge is 2.29. The van der Waals surface area contributed by atoms with Crippen molar-refractivity contribution in [1.29, 1.82) is 0 Å². The molecule has 0 aliphatic carbocycles. The van der Waals surface area contributed by atoms with E-state index in [1.807, 2.05) is 0 Å². The van der Waals surface area contributed by atoms with Gasteiger partial charge in [0.15, 0.2) is 0 Å². The maximum absolute atomic E-state index is 13.3. The minimum absolute atomic E-state index is 0.0985. The minimum atomic E-state index is -4.01. The highest BCUT2D eigenvalue weighted by molar-refractivity contribution is 7.92. The number of hydrogen-bond acceptors (Lipinski definition) is 5. The number of rotatable bonds is 7. The largest absolute Gasteiger partial charge is 0.334 e. The van der Waals surface area contributed by atoms with E-state index in [4.69, 9.17) is 0 Å². The van der Waals surface area contributed by atoms with Crippen molar-refractivity contribution < 1.29 is 26.0 Å². The van der Waals surface area contributed by atoms with Crippen molar-refractivity contribution in [3.05, 3.63) is 59.4 Å². The van der Waals surface area contributed by atoms with Gasteiger partial charge in [-0.15, -0.1) is 0 Å². The zero-order chi connectivity index (χ0) is 23.5. The van der Waals surface area contributed by atoms with Gasteiger partial charge >= 0.3 is 0 Å². The summed E-state index contributed by atoms with van der Waals surface area (Å²) in [6.07, 6.45) is 3.37. The van der Waals surface area contributed by atoms with Gasteiger partial charge in [0.05, 0.1) is 11.2 Å². The number of nitrogens with one attached hydrogen (secondary N) is 2. The molecule has 174 valence electrons. The number of nitrogens with zero attached hydrogens (tertiary/aromatic N) is 1. The van der Waals surface area contributed by atoms with E-state index in [1.165, 1.54) is 24.3 Å². The van der Waals surface area contributed by atoms with Crippen LogP contribution in [0.15, 0.2) is 47.4 Å². The average molecular weight is 484 g/mol. The summed E-state index contributed by atoms with van der Waals surface area (Å²) in [5.41, 5.74) is 1.04. The fourth-order valence-corrected chi connectivity index (χ4v) is 5.19. The lowest BCUT2D eigenvalue weighted by atomic mass is 9.99. The lowest BCUT2D eigenvalue weighted by Crippen LogP contribution is -2.49. The van der Waals surface area contributed by atoms with E-state index in [0.717, 1.165) is 31.2 Å². The van der Waals surface area contributed by atoms with E-state index >= 15 is 0 Å². The Morgan fingerprint density at radius 2 is 1.78 bits per heavy atom. The van der Waals surface area contributed by atoms with Crippen LogP contribution in [0.3, 0.4) is 0 Å². The van der Waals surface area contributed by atoms with Gasteiger partial charge in [0.2, 0.25) is 10.0 Å². The first kappa shape index (κ1) is 24.1. The maximum atomic E-state index is 13.3. The Labute approximate surface area is 187 Å². The monoisotopic (exact) mass is 483 g/mol. The summed E-state index contributed by atoms with van der Waals surface area (Å²) in [7, 11) is -7.41. The number of carbonyl (C=O) groups is 1. The Morgan fingerprint density at radius 3 is 2.44 bits per heavy atom. The number of piperidine rings is 1. The Hall–Kier alpha value is -2.50. The fraction of sp³-hybridized carbons (Fsp3) is 0.381. The van der Waals surface area contributed by atoms with Crippen molar-refractivity contribution in [3.8, 4) is 0 Å². The van der Waals surface area contributed by atoms with Crippen LogP contribution in [-0.4, -0.2) is 53.0 Å². The molecule has 1 aliphatic heterocycles. The molecule has 0 aromatic heterocycles. The molecule has 0 radical (unpaired) electrons. The van der Waals surface area contributed by atoms with Gasteiger partial charge in [0.25, 0.3) is 15.9 Å². The second kappa shape index (κ2) is 9.55. The molecule has 1 fully saturated rings. The summed E-state index contributed by atoms with van der Waals surface area (Å²) in [5.74, 6) is -0.834. The molecule has 0 bridgehead atoms. The molecule has 2 N–H and O–H groups in total. The van der Waals surface area contributed by atoms with Gasteiger partial charge in [-0.3, -0.25) is 9.52 Å². The molecule has 1 unspecified atom stereocenters. The van der Waals surface area contributed by atoms with Crippen molar-refractivity contribution in [2.45, 2.75) is 37.1 Å². The third kappa shape index (κ3) is 6.05. The van der Waals surface area contributed by atoms with Gasteiger partial charge in [-0.1, -0.05) is 6.07 Å². The van der Waals surface area contributed by atoms with Crippen LogP contribution in [-0.2, 0) is 20.0 Å².